The molecule has 0 saturated carbocycles. The zero-order valence-corrected chi connectivity index (χ0v) is 13.8. The first-order valence-corrected chi connectivity index (χ1v) is 7.97. The lowest BCUT2D eigenvalue weighted by molar-refractivity contribution is -0.131. The van der Waals surface area contributed by atoms with Gasteiger partial charge in [-0.3, -0.25) is 19.6 Å². The molecule has 1 N–H and O–H groups in total. The number of carbonyl (C=O) groups excluding carboxylic acids is 2. The Labute approximate surface area is 140 Å². The van der Waals surface area contributed by atoms with E-state index in [0.717, 1.165) is 17.0 Å². The first-order valence-electron chi connectivity index (χ1n) is 7.97. The van der Waals surface area contributed by atoms with Gasteiger partial charge in [0.15, 0.2) is 0 Å². The molecule has 0 radical (unpaired) electrons. The molecule has 0 spiro atoms. The van der Waals surface area contributed by atoms with Gasteiger partial charge in [-0.25, -0.2) is 0 Å². The molecule has 6 heteroatoms. The molecule has 2 amide bonds. The van der Waals surface area contributed by atoms with E-state index in [2.05, 4.69) is 15.3 Å². The van der Waals surface area contributed by atoms with Crippen molar-refractivity contribution in [3.63, 3.8) is 0 Å². The summed E-state index contributed by atoms with van der Waals surface area (Å²) < 4.78 is 0. The minimum absolute atomic E-state index is 0.0416. The van der Waals surface area contributed by atoms with Crippen molar-refractivity contribution in [2.45, 2.75) is 32.4 Å². The maximum Gasteiger partial charge on any atom is 0.231 e. The summed E-state index contributed by atoms with van der Waals surface area (Å²) in [5, 5.41) is 2.99. The Balaban J connectivity index is 1.82. The molecular formula is C18H20N4O2. The second-order valence-electron chi connectivity index (χ2n) is 5.98. The molecule has 0 saturated heterocycles. The maximum atomic E-state index is 12.8. The summed E-state index contributed by atoms with van der Waals surface area (Å²) in [6, 6.07) is 9.14. The standard InChI is InChI=1S/C18H20N4O2/c1-12(16-7-3-4-8-19-16)21-18(24)15-11-22(13(2)23)10-14-6-5-9-20-17(14)15/h3-9,12,15H,10-11H2,1-2H3,(H,21,24). The van der Waals surface area contributed by atoms with Crippen molar-refractivity contribution in [1.29, 1.82) is 0 Å². The van der Waals surface area contributed by atoms with Crippen LogP contribution in [0.15, 0.2) is 42.7 Å². The summed E-state index contributed by atoms with van der Waals surface area (Å²) in [5.41, 5.74) is 2.47. The third kappa shape index (κ3) is 3.27. The Morgan fingerprint density at radius 3 is 2.71 bits per heavy atom. The summed E-state index contributed by atoms with van der Waals surface area (Å²) in [6.45, 7) is 4.26. The number of hydrogen-bond donors (Lipinski definition) is 1. The van der Waals surface area contributed by atoms with Crippen molar-refractivity contribution in [3.05, 3.63) is 59.7 Å². The van der Waals surface area contributed by atoms with E-state index >= 15 is 0 Å². The summed E-state index contributed by atoms with van der Waals surface area (Å²) in [6.07, 6.45) is 3.39. The Bertz CT molecular complexity index is 748. The van der Waals surface area contributed by atoms with Crippen molar-refractivity contribution in [2.75, 3.05) is 6.54 Å². The molecule has 124 valence electrons. The minimum Gasteiger partial charge on any atom is -0.347 e. The van der Waals surface area contributed by atoms with Gasteiger partial charge in [-0.05, 0) is 30.7 Å². The van der Waals surface area contributed by atoms with E-state index in [0.29, 0.717) is 13.1 Å². The van der Waals surface area contributed by atoms with Crippen LogP contribution in [0.5, 0.6) is 0 Å². The fraction of sp³-hybridized carbons (Fsp3) is 0.333. The van der Waals surface area contributed by atoms with Crippen molar-refractivity contribution in [2.24, 2.45) is 0 Å². The molecule has 0 fully saturated rings. The molecule has 3 rings (SSSR count). The van der Waals surface area contributed by atoms with E-state index in [1.165, 1.54) is 6.92 Å². The summed E-state index contributed by atoms with van der Waals surface area (Å²) in [5.74, 6) is -0.649. The average molecular weight is 324 g/mol. The average Bonchev–Trinajstić information content (AvgIpc) is 2.61. The fourth-order valence-corrected chi connectivity index (χ4v) is 2.94. The Morgan fingerprint density at radius 2 is 2.00 bits per heavy atom. The number of pyridine rings is 2. The van der Waals surface area contributed by atoms with Gasteiger partial charge in [-0.2, -0.15) is 0 Å². The van der Waals surface area contributed by atoms with Crippen molar-refractivity contribution in [3.8, 4) is 0 Å². The van der Waals surface area contributed by atoms with Gasteiger partial charge in [0.05, 0.1) is 23.3 Å². The van der Waals surface area contributed by atoms with E-state index in [1.54, 1.807) is 17.3 Å². The quantitative estimate of drug-likeness (QED) is 0.934. The zero-order chi connectivity index (χ0) is 17.1. The Hall–Kier alpha value is -2.76. The fourth-order valence-electron chi connectivity index (χ4n) is 2.94. The highest BCUT2D eigenvalue weighted by molar-refractivity contribution is 5.85. The Kier molecular flexibility index (Phi) is 4.55. The van der Waals surface area contributed by atoms with Gasteiger partial charge in [0, 0.05) is 32.4 Å². The number of carbonyl (C=O) groups is 2. The lowest BCUT2D eigenvalue weighted by Gasteiger charge is -2.33. The summed E-state index contributed by atoms with van der Waals surface area (Å²) in [4.78, 5) is 34.9. The topological polar surface area (TPSA) is 75.2 Å². The maximum absolute atomic E-state index is 12.8. The van der Waals surface area contributed by atoms with Crippen molar-refractivity contribution >= 4 is 11.8 Å². The van der Waals surface area contributed by atoms with Crippen LogP contribution in [0.25, 0.3) is 0 Å². The molecule has 24 heavy (non-hydrogen) atoms. The van der Waals surface area contributed by atoms with Crippen LogP contribution in [-0.4, -0.2) is 33.2 Å². The first kappa shape index (κ1) is 16.1. The minimum atomic E-state index is -0.468. The van der Waals surface area contributed by atoms with Crippen LogP contribution < -0.4 is 5.32 Å². The molecule has 2 aromatic heterocycles. The molecule has 2 aromatic rings. The highest BCUT2D eigenvalue weighted by Crippen LogP contribution is 2.27. The van der Waals surface area contributed by atoms with E-state index in [9.17, 15) is 9.59 Å². The number of hydrogen-bond acceptors (Lipinski definition) is 4. The molecule has 0 aromatic carbocycles. The number of amides is 2. The predicted molar refractivity (Wildman–Crippen MR) is 88.9 cm³/mol. The van der Waals surface area contributed by atoms with Gasteiger partial charge in [0.2, 0.25) is 11.8 Å². The van der Waals surface area contributed by atoms with E-state index < -0.39 is 5.92 Å². The van der Waals surface area contributed by atoms with Crippen LogP contribution in [0.2, 0.25) is 0 Å². The number of fused-ring (bicyclic) bond motifs is 1. The summed E-state index contributed by atoms with van der Waals surface area (Å²) in [7, 11) is 0. The molecule has 1 aliphatic heterocycles. The van der Waals surface area contributed by atoms with Crippen LogP contribution in [0.1, 0.15) is 42.8 Å². The molecular weight excluding hydrogens is 304 g/mol. The van der Waals surface area contributed by atoms with Crippen LogP contribution in [-0.2, 0) is 16.1 Å². The van der Waals surface area contributed by atoms with E-state index in [4.69, 9.17) is 0 Å². The van der Waals surface area contributed by atoms with Gasteiger partial charge in [-0.15, -0.1) is 0 Å². The number of aromatic nitrogens is 2. The monoisotopic (exact) mass is 324 g/mol. The first-order chi connectivity index (χ1) is 11.6. The SMILES string of the molecule is CC(=O)N1Cc2cccnc2C(C(=O)NC(C)c2ccccn2)C1. The highest BCUT2D eigenvalue weighted by Gasteiger charge is 2.33. The van der Waals surface area contributed by atoms with Gasteiger partial charge in [-0.1, -0.05) is 12.1 Å². The smallest absolute Gasteiger partial charge is 0.231 e. The van der Waals surface area contributed by atoms with Crippen molar-refractivity contribution < 1.29 is 9.59 Å². The molecule has 2 atom stereocenters. The van der Waals surface area contributed by atoms with Crippen molar-refractivity contribution in [1.82, 2.24) is 20.2 Å². The zero-order valence-electron chi connectivity index (χ0n) is 13.8. The third-order valence-electron chi connectivity index (χ3n) is 4.27. The third-order valence-corrected chi connectivity index (χ3v) is 4.27. The molecule has 3 heterocycles. The number of nitrogens with one attached hydrogen (secondary N) is 1. The number of rotatable bonds is 3. The van der Waals surface area contributed by atoms with Gasteiger partial charge in [0.1, 0.15) is 0 Å². The highest BCUT2D eigenvalue weighted by atomic mass is 16.2. The molecule has 1 aliphatic rings. The second kappa shape index (κ2) is 6.78. The van der Waals surface area contributed by atoms with Gasteiger partial charge >= 0.3 is 0 Å². The lowest BCUT2D eigenvalue weighted by atomic mass is 9.93. The molecule has 6 nitrogen and oxygen atoms in total. The van der Waals surface area contributed by atoms with E-state index in [-0.39, 0.29) is 17.9 Å². The largest absolute Gasteiger partial charge is 0.347 e. The van der Waals surface area contributed by atoms with Crippen LogP contribution in [0.4, 0.5) is 0 Å². The molecule has 0 aliphatic carbocycles. The van der Waals surface area contributed by atoms with Crippen LogP contribution in [0, 0.1) is 0 Å². The van der Waals surface area contributed by atoms with E-state index in [1.807, 2.05) is 37.3 Å². The van der Waals surface area contributed by atoms with Gasteiger partial charge in [0.25, 0.3) is 0 Å². The molecule has 0 bridgehead atoms. The van der Waals surface area contributed by atoms with Crippen LogP contribution >= 0.6 is 0 Å². The van der Waals surface area contributed by atoms with Gasteiger partial charge < -0.3 is 10.2 Å². The van der Waals surface area contributed by atoms with Crippen LogP contribution in [0.3, 0.4) is 0 Å². The summed E-state index contributed by atoms with van der Waals surface area (Å²) >= 11 is 0. The lowest BCUT2D eigenvalue weighted by Crippen LogP contribution is -2.44. The molecule has 2 unspecified atom stereocenters. The Morgan fingerprint density at radius 1 is 1.21 bits per heavy atom. The number of nitrogens with zero attached hydrogens (tertiary/aromatic N) is 3. The second-order valence-corrected chi connectivity index (χ2v) is 5.98. The normalized spacial score (nSPS) is 17.8. The predicted octanol–water partition coefficient (Wildman–Crippen LogP) is 1.80.